The number of hydrogen-bond donors (Lipinski definition) is 0. The Hall–Kier alpha value is -0.810. The van der Waals surface area contributed by atoms with Crippen LogP contribution in [0.25, 0.3) is 0 Å². The summed E-state index contributed by atoms with van der Waals surface area (Å²) in [6, 6.07) is 13.9. The van der Waals surface area contributed by atoms with Crippen molar-refractivity contribution in [3.05, 3.63) is 57.9 Å². The van der Waals surface area contributed by atoms with E-state index >= 15 is 0 Å². The monoisotopic (exact) mass is 373 g/mol. The normalized spacial score (nSPS) is 12.1. The first-order valence-corrected chi connectivity index (χ1v) is 7.30. The molecule has 1 atom stereocenters. The molecule has 0 radical (unpaired) electrons. The molecule has 0 N–H and O–H groups in total. The first-order chi connectivity index (χ1) is 8.81. The van der Waals surface area contributed by atoms with Crippen molar-refractivity contribution in [2.45, 2.75) is 12.5 Å². The van der Waals surface area contributed by atoms with Crippen LogP contribution in [0.1, 0.15) is 18.1 Å². The van der Waals surface area contributed by atoms with E-state index in [4.69, 9.17) is 16.3 Å². The van der Waals surface area contributed by atoms with E-state index < -0.39 is 0 Å². The second-order valence-corrected chi connectivity index (χ2v) is 5.19. The zero-order valence-electron chi connectivity index (χ0n) is 9.72. The predicted octanol–water partition coefficient (Wildman–Crippen LogP) is 4.44. The Balaban J connectivity index is 2.19. The van der Waals surface area contributed by atoms with E-state index in [9.17, 15) is 0 Å². The van der Waals surface area contributed by atoms with Gasteiger partial charge in [0, 0.05) is 18.5 Å². The van der Waals surface area contributed by atoms with E-state index in [1.807, 2.05) is 30.3 Å². The molecule has 4 heteroatoms. The number of nitrogens with zero attached hydrogens (tertiary/aromatic N) is 1. The number of aromatic nitrogens is 1. The first-order valence-electron chi connectivity index (χ1n) is 5.69. The molecule has 0 bridgehead atoms. The van der Waals surface area contributed by atoms with Gasteiger partial charge in [0.1, 0.15) is 9.80 Å². The summed E-state index contributed by atoms with van der Waals surface area (Å²) < 4.78 is 6.88. The first kappa shape index (κ1) is 13.6. The Morgan fingerprint density at radius 2 is 1.94 bits per heavy atom. The molecule has 94 valence electrons. The van der Waals surface area contributed by atoms with Gasteiger partial charge in [-0.05, 0) is 40.3 Å². The van der Waals surface area contributed by atoms with Crippen LogP contribution in [0.3, 0.4) is 0 Å². The molecule has 0 unspecified atom stereocenters. The molecule has 2 aromatic rings. The summed E-state index contributed by atoms with van der Waals surface area (Å²) >= 11 is 8.03. The van der Waals surface area contributed by atoms with Crippen LogP contribution in [0.4, 0.5) is 0 Å². The highest BCUT2D eigenvalue weighted by atomic mass is 127. The van der Waals surface area contributed by atoms with Crippen LogP contribution in [-0.2, 0) is 0 Å². The molecule has 1 aromatic heterocycles. The Morgan fingerprint density at radius 1 is 1.17 bits per heavy atom. The number of rotatable bonds is 5. The van der Waals surface area contributed by atoms with Crippen molar-refractivity contribution in [2.24, 2.45) is 0 Å². The molecule has 0 spiro atoms. The van der Waals surface area contributed by atoms with Crippen LogP contribution in [0.2, 0.25) is 0 Å². The van der Waals surface area contributed by atoms with Gasteiger partial charge in [-0.3, -0.25) is 0 Å². The fourth-order valence-electron chi connectivity index (χ4n) is 1.67. The minimum Gasteiger partial charge on any atom is -0.483 e. The largest absolute Gasteiger partial charge is 0.483 e. The molecule has 18 heavy (non-hydrogen) atoms. The molecule has 1 aromatic carbocycles. The van der Waals surface area contributed by atoms with Gasteiger partial charge in [0.2, 0.25) is 0 Å². The van der Waals surface area contributed by atoms with Gasteiger partial charge in [0.25, 0.3) is 0 Å². The van der Waals surface area contributed by atoms with Crippen molar-refractivity contribution in [3.8, 4) is 5.75 Å². The predicted molar refractivity (Wildman–Crippen MR) is 82.1 cm³/mol. The molecule has 0 aliphatic carbocycles. The lowest BCUT2D eigenvalue weighted by Gasteiger charge is -2.19. The number of alkyl halides is 1. The van der Waals surface area contributed by atoms with Crippen LogP contribution in [0.15, 0.2) is 48.7 Å². The third kappa shape index (κ3) is 3.59. The Labute approximate surface area is 125 Å². The molecule has 0 amide bonds. The highest BCUT2D eigenvalue weighted by Crippen LogP contribution is 2.27. The van der Waals surface area contributed by atoms with Crippen molar-refractivity contribution in [1.82, 2.24) is 4.98 Å². The topological polar surface area (TPSA) is 22.1 Å². The maximum Gasteiger partial charge on any atom is 0.152 e. The van der Waals surface area contributed by atoms with Crippen LogP contribution in [0.5, 0.6) is 5.75 Å². The van der Waals surface area contributed by atoms with Crippen molar-refractivity contribution in [1.29, 1.82) is 0 Å². The average molecular weight is 374 g/mol. The van der Waals surface area contributed by atoms with Crippen molar-refractivity contribution in [3.63, 3.8) is 0 Å². The number of ether oxygens (including phenoxy) is 1. The molecule has 0 fully saturated rings. The van der Waals surface area contributed by atoms with Gasteiger partial charge in [0.05, 0.1) is 0 Å². The van der Waals surface area contributed by atoms with Gasteiger partial charge >= 0.3 is 0 Å². The van der Waals surface area contributed by atoms with E-state index in [1.54, 1.807) is 6.20 Å². The Kier molecular flexibility index (Phi) is 5.26. The summed E-state index contributed by atoms with van der Waals surface area (Å²) in [6.07, 6.45) is 2.51. The summed E-state index contributed by atoms with van der Waals surface area (Å²) in [5, 5.41) is 0. The third-order valence-electron chi connectivity index (χ3n) is 2.54. The van der Waals surface area contributed by atoms with E-state index in [-0.39, 0.29) is 6.10 Å². The molecule has 2 rings (SSSR count). The summed E-state index contributed by atoms with van der Waals surface area (Å²) in [5.41, 5.74) is 1.14. The van der Waals surface area contributed by atoms with Gasteiger partial charge in [-0.25, -0.2) is 4.98 Å². The fraction of sp³-hybridized carbons (Fsp3) is 0.214. The van der Waals surface area contributed by atoms with Gasteiger partial charge in [-0.15, -0.1) is 11.6 Å². The quantitative estimate of drug-likeness (QED) is 0.439. The number of halogens is 2. The number of hydrogen-bond acceptors (Lipinski definition) is 2. The molecule has 2 nitrogen and oxygen atoms in total. The smallest absolute Gasteiger partial charge is 0.152 e. The Morgan fingerprint density at radius 3 is 2.61 bits per heavy atom. The average Bonchev–Trinajstić information content (AvgIpc) is 2.42. The zero-order valence-corrected chi connectivity index (χ0v) is 12.6. The SMILES string of the molecule is ClCC[C@@H](Oc1cccnc1I)c1ccccc1. The standard InChI is InChI=1S/C14H13ClINO/c15-9-8-12(11-5-2-1-3-6-11)18-13-7-4-10-17-14(13)16/h1-7,10,12H,8-9H2/t12-/m1/s1. The molecular weight excluding hydrogens is 361 g/mol. The van der Waals surface area contributed by atoms with E-state index in [1.165, 1.54) is 0 Å². The minimum absolute atomic E-state index is 0.0265. The molecule has 0 saturated heterocycles. The minimum atomic E-state index is -0.0265. The lowest BCUT2D eigenvalue weighted by Crippen LogP contribution is -2.09. The van der Waals surface area contributed by atoms with E-state index in [0.29, 0.717) is 5.88 Å². The van der Waals surface area contributed by atoms with Gasteiger partial charge in [-0.2, -0.15) is 0 Å². The molecular formula is C14H13ClINO. The maximum atomic E-state index is 6.02. The van der Waals surface area contributed by atoms with E-state index in [0.717, 1.165) is 21.4 Å². The second-order valence-electron chi connectivity index (χ2n) is 3.79. The summed E-state index contributed by atoms with van der Waals surface area (Å²) in [6.45, 7) is 0. The third-order valence-corrected chi connectivity index (χ3v) is 3.57. The molecule has 0 aliphatic heterocycles. The summed E-state index contributed by atoms with van der Waals surface area (Å²) in [5.74, 6) is 1.37. The van der Waals surface area contributed by atoms with Crippen LogP contribution in [-0.4, -0.2) is 10.9 Å². The highest BCUT2D eigenvalue weighted by molar-refractivity contribution is 14.1. The van der Waals surface area contributed by atoms with Gasteiger partial charge in [-0.1, -0.05) is 30.3 Å². The van der Waals surface area contributed by atoms with Crippen molar-refractivity contribution in [2.75, 3.05) is 5.88 Å². The summed E-state index contributed by atoms with van der Waals surface area (Å²) in [4.78, 5) is 4.21. The molecule has 0 aliphatic rings. The molecule has 1 heterocycles. The van der Waals surface area contributed by atoms with Crippen LogP contribution >= 0.6 is 34.2 Å². The zero-order chi connectivity index (χ0) is 12.8. The lowest BCUT2D eigenvalue weighted by atomic mass is 10.1. The second kappa shape index (κ2) is 6.95. The van der Waals surface area contributed by atoms with Gasteiger partial charge in [0.15, 0.2) is 5.75 Å². The van der Waals surface area contributed by atoms with Crippen LogP contribution < -0.4 is 4.74 Å². The molecule has 0 saturated carbocycles. The number of benzene rings is 1. The summed E-state index contributed by atoms with van der Waals surface area (Å²) in [7, 11) is 0. The maximum absolute atomic E-state index is 6.02. The lowest BCUT2D eigenvalue weighted by molar-refractivity contribution is 0.200. The Bertz CT molecular complexity index is 492. The fourth-order valence-corrected chi connectivity index (χ4v) is 2.34. The van der Waals surface area contributed by atoms with Crippen molar-refractivity contribution < 1.29 is 4.74 Å². The van der Waals surface area contributed by atoms with Crippen LogP contribution in [0, 0.1) is 3.70 Å². The van der Waals surface area contributed by atoms with E-state index in [2.05, 4.69) is 39.7 Å². The highest BCUT2D eigenvalue weighted by Gasteiger charge is 2.14. The van der Waals surface area contributed by atoms with Crippen molar-refractivity contribution >= 4 is 34.2 Å². The van der Waals surface area contributed by atoms with Gasteiger partial charge < -0.3 is 4.74 Å². The number of pyridine rings is 1.